The van der Waals surface area contributed by atoms with E-state index in [9.17, 15) is 14.4 Å². The number of aromatic amines is 1. The van der Waals surface area contributed by atoms with Crippen molar-refractivity contribution in [2.75, 3.05) is 7.11 Å². The molecule has 25 heavy (non-hydrogen) atoms. The summed E-state index contributed by atoms with van der Waals surface area (Å²) in [7, 11) is 1.28. The predicted octanol–water partition coefficient (Wildman–Crippen LogP) is 3.61. The maximum absolute atomic E-state index is 12.6. The van der Waals surface area contributed by atoms with Gasteiger partial charge in [-0.1, -0.05) is 15.9 Å². The van der Waals surface area contributed by atoms with Gasteiger partial charge >= 0.3 is 11.9 Å². The molecule has 7 heteroatoms. The molecule has 0 bridgehead atoms. The third kappa shape index (κ3) is 3.99. The van der Waals surface area contributed by atoms with Crippen LogP contribution in [-0.2, 0) is 9.47 Å². The normalized spacial score (nSPS) is 11.7. The molecule has 1 atom stereocenters. The van der Waals surface area contributed by atoms with Gasteiger partial charge in [-0.25, -0.2) is 9.59 Å². The Morgan fingerprint density at radius 1 is 1.08 bits per heavy atom. The van der Waals surface area contributed by atoms with Crippen LogP contribution in [0.5, 0.6) is 0 Å². The summed E-state index contributed by atoms with van der Waals surface area (Å²) in [4.78, 5) is 39.4. The number of hydrogen-bond acceptors (Lipinski definition) is 5. The van der Waals surface area contributed by atoms with Crippen molar-refractivity contribution in [2.24, 2.45) is 0 Å². The summed E-state index contributed by atoms with van der Waals surface area (Å²) in [6.45, 7) is 4.81. The van der Waals surface area contributed by atoms with Crippen LogP contribution in [0.4, 0.5) is 0 Å². The van der Waals surface area contributed by atoms with Crippen molar-refractivity contribution in [2.45, 2.75) is 26.9 Å². The van der Waals surface area contributed by atoms with Gasteiger partial charge < -0.3 is 14.5 Å². The van der Waals surface area contributed by atoms with E-state index in [1.807, 2.05) is 0 Å². The molecule has 0 aliphatic carbocycles. The molecule has 0 spiro atoms. The number of hydrogen-bond donors (Lipinski definition) is 1. The van der Waals surface area contributed by atoms with Crippen LogP contribution in [0.3, 0.4) is 0 Å². The van der Waals surface area contributed by atoms with E-state index in [0.29, 0.717) is 22.4 Å². The number of halogens is 1. The van der Waals surface area contributed by atoms with E-state index >= 15 is 0 Å². The smallest absolute Gasteiger partial charge is 0.339 e. The highest BCUT2D eigenvalue weighted by Gasteiger charge is 2.27. The molecule has 132 valence electrons. The zero-order chi connectivity index (χ0) is 18.7. The summed E-state index contributed by atoms with van der Waals surface area (Å²) < 4.78 is 10.8. The number of esters is 2. The second-order valence-corrected chi connectivity index (χ2v) is 6.45. The van der Waals surface area contributed by atoms with Gasteiger partial charge in [0.25, 0.3) is 0 Å². The molecule has 0 amide bonds. The Morgan fingerprint density at radius 3 is 2.24 bits per heavy atom. The summed E-state index contributed by atoms with van der Waals surface area (Å²) in [5, 5.41) is 0. The number of Topliss-reactive ketones (excluding diaryl/α,β-unsaturated/α-hetero) is 1. The molecule has 6 nitrogen and oxygen atoms in total. The van der Waals surface area contributed by atoms with Crippen molar-refractivity contribution in [1.29, 1.82) is 0 Å². The van der Waals surface area contributed by atoms with Gasteiger partial charge in [0.1, 0.15) is 0 Å². The number of H-pyrrole nitrogens is 1. The lowest BCUT2D eigenvalue weighted by molar-refractivity contribution is 0.0316. The Bertz CT molecular complexity index is 823. The van der Waals surface area contributed by atoms with Crippen molar-refractivity contribution in [3.63, 3.8) is 0 Å². The van der Waals surface area contributed by atoms with Crippen molar-refractivity contribution in [1.82, 2.24) is 4.98 Å². The number of nitrogens with one attached hydrogen (secondary N) is 1. The summed E-state index contributed by atoms with van der Waals surface area (Å²) in [6, 6.07) is 6.63. The quantitative estimate of drug-likeness (QED) is 0.604. The van der Waals surface area contributed by atoms with Crippen molar-refractivity contribution >= 4 is 33.7 Å². The Hall–Kier alpha value is -2.41. The third-order valence-electron chi connectivity index (χ3n) is 3.81. The van der Waals surface area contributed by atoms with Crippen LogP contribution in [0.25, 0.3) is 0 Å². The Labute approximate surface area is 153 Å². The molecule has 0 saturated carbocycles. The van der Waals surface area contributed by atoms with E-state index < -0.39 is 23.8 Å². The van der Waals surface area contributed by atoms with E-state index in [1.54, 1.807) is 38.1 Å². The second-order valence-electron chi connectivity index (χ2n) is 5.54. The summed E-state index contributed by atoms with van der Waals surface area (Å²) >= 11 is 3.29. The van der Waals surface area contributed by atoms with Gasteiger partial charge in [-0.3, -0.25) is 4.79 Å². The number of ketones is 1. The minimum absolute atomic E-state index is 0.231. The molecule has 0 aliphatic rings. The fraction of sp³-hybridized carbons (Fsp3) is 0.278. The van der Waals surface area contributed by atoms with Gasteiger partial charge in [-0.2, -0.15) is 0 Å². The highest BCUT2D eigenvalue weighted by Crippen LogP contribution is 2.21. The van der Waals surface area contributed by atoms with Gasteiger partial charge in [0, 0.05) is 10.2 Å². The van der Waals surface area contributed by atoms with Gasteiger partial charge in [-0.15, -0.1) is 0 Å². The van der Waals surface area contributed by atoms with Crippen LogP contribution in [-0.4, -0.2) is 35.9 Å². The van der Waals surface area contributed by atoms with Crippen molar-refractivity contribution in [3.8, 4) is 0 Å². The molecule has 0 radical (unpaired) electrons. The van der Waals surface area contributed by atoms with Crippen LogP contribution in [0.1, 0.15) is 49.4 Å². The average molecular weight is 408 g/mol. The highest BCUT2D eigenvalue weighted by molar-refractivity contribution is 9.10. The number of ether oxygens (including phenoxy) is 2. The van der Waals surface area contributed by atoms with E-state index in [1.165, 1.54) is 14.0 Å². The first-order chi connectivity index (χ1) is 11.8. The van der Waals surface area contributed by atoms with Crippen LogP contribution >= 0.6 is 15.9 Å². The fourth-order valence-electron chi connectivity index (χ4n) is 2.48. The van der Waals surface area contributed by atoms with Crippen molar-refractivity contribution in [3.05, 3.63) is 56.8 Å². The maximum Gasteiger partial charge on any atom is 0.339 e. The average Bonchev–Trinajstić information content (AvgIpc) is 2.88. The van der Waals surface area contributed by atoms with Gasteiger partial charge in [0.2, 0.25) is 5.78 Å². The number of aryl methyl sites for hydroxylation is 1. The monoisotopic (exact) mass is 407 g/mol. The minimum atomic E-state index is -1.00. The highest BCUT2D eigenvalue weighted by atomic mass is 79.9. The van der Waals surface area contributed by atoms with E-state index in [-0.39, 0.29) is 5.69 Å². The summed E-state index contributed by atoms with van der Waals surface area (Å²) in [5.41, 5.74) is 1.89. The number of rotatable bonds is 5. The molecule has 0 aliphatic heterocycles. The number of benzene rings is 1. The topological polar surface area (TPSA) is 85.5 Å². The first kappa shape index (κ1) is 18.9. The number of methoxy groups -OCH3 is 1. The molecular formula is C18H18BrNO5. The van der Waals surface area contributed by atoms with E-state index in [2.05, 4.69) is 20.9 Å². The van der Waals surface area contributed by atoms with E-state index in [4.69, 9.17) is 9.47 Å². The molecule has 1 N–H and O–H groups in total. The standard InChI is InChI=1S/C18H18BrNO5/c1-9-14(18(23)24-4)10(2)20-15(9)16(21)11(3)25-17(22)12-5-7-13(19)8-6-12/h5-8,11,20H,1-4H3. The van der Waals surface area contributed by atoms with E-state index in [0.717, 1.165) is 4.47 Å². The largest absolute Gasteiger partial charge is 0.465 e. The molecule has 1 unspecified atom stereocenters. The Balaban J connectivity index is 2.19. The summed E-state index contributed by atoms with van der Waals surface area (Å²) in [6.07, 6.45) is -1.00. The molecule has 1 aromatic carbocycles. The molecule has 1 heterocycles. The molecular weight excluding hydrogens is 390 g/mol. The molecule has 0 saturated heterocycles. The zero-order valence-corrected chi connectivity index (χ0v) is 15.9. The number of carbonyl (C=O) groups is 3. The van der Waals surface area contributed by atoms with Crippen LogP contribution in [0.15, 0.2) is 28.7 Å². The van der Waals surface area contributed by atoms with Crippen molar-refractivity contribution < 1.29 is 23.9 Å². The molecule has 2 rings (SSSR count). The molecule has 1 aromatic heterocycles. The van der Waals surface area contributed by atoms with Crippen LogP contribution < -0.4 is 0 Å². The van der Waals surface area contributed by atoms with Crippen LogP contribution in [0, 0.1) is 13.8 Å². The number of aromatic nitrogens is 1. The number of carbonyl (C=O) groups excluding carboxylic acids is 3. The Morgan fingerprint density at radius 2 is 1.68 bits per heavy atom. The SMILES string of the molecule is COC(=O)c1c(C)[nH]c(C(=O)C(C)OC(=O)c2ccc(Br)cc2)c1C. The fourth-order valence-corrected chi connectivity index (χ4v) is 2.74. The lowest BCUT2D eigenvalue weighted by atomic mass is 10.1. The van der Waals surface area contributed by atoms with Gasteiger partial charge in [0.05, 0.1) is 23.9 Å². The minimum Gasteiger partial charge on any atom is -0.465 e. The van der Waals surface area contributed by atoms with Crippen LogP contribution in [0.2, 0.25) is 0 Å². The first-order valence-corrected chi connectivity index (χ1v) is 8.33. The van der Waals surface area contributed by atoms with Gasteiger partial charge in [-0.05, 0) is 50.6 Å². The Kier molecular flexibility index (Phi) is 5.79. The lowest BCUT2D eigenvalue weighted by Gasteiger charge is -2.12. The third-order valence-corrected chi connectivity index (χ3v) is 4.34. The first-order valence-electron chi connectivity index (χ1n) is 7.54. The second kappa shape index (κ2) is 7.65. The maximum atomic E-state index is 12.6. The lowest BCUT2D eigenvalue weighted by Crippen LogP contribution is -2.25. The predicted molar refractivity (Wildman–Crippen MR) is 95.0 cm³/mol. The zero-order valence-electron chi connectivity index (χ0n) is 14.3. The summed E-state index contributed by atoms with van der Waals surface area (Å²) in [5.74, 6) is -1.53. The molecule has 0 fully saturated rings. The molecule has 2 aromatic rings. The van der Waals surface area contributed by atoms with Gasteiger partial charge in [0.15, 0.2) is 6.10 Å².